The molecule has 130 valence electrons. The van der Waals surface area contributed by atoms with E-state index in [0.29, 0.717) is 25.5 Å². The van der Waals surface area contributed by atoms with Gasteiger partial charge in [0.15, 0.2) is 5.65 Å². The second-order valence-corrected chi connectivity index (χ2v) is 5.70. The van der Waals surface area contributed by atoms with E-state index in [-0.39, 0.29) is 11.8 Å². The molecule has 1 aromatic carbocycles. The number of halogens is 3. The van der Waals surface area contributed by atoms with Crippen LogP contribution in [0, 0.1) is 0 Å². The van der Waals surface area contributed by atoms with Crippen molar-refractivity contribution in [2.45, 2.75) is 12.3 Å². The van der Waals surface area contributed by atoms with Crippen LogP contribution in [-0.2, 0) is 10.9 Å². The lowest BCUT2D eigenvalue weighted by atomic mass is 10.1. The number of benzene rings is 1. The lowest BCUT2D eigenvalue weighted by molar-refractivity contribution is -0.146. The monoisotopic (exact) mass is 349 g/mol. The molecule has 6 nitrogen and oxygen atoms in total. The van der Waals surface area contributed by atoms with Gasteiger partial charge in [0.25, 0.3) is 5.82 Å². The largest absolute Gasteiger partial charge is 0.453 e. The third-order valence-corrected chi connectivity index (χ3v) is 4.06. The molecule has 0 bridgehead atoms. The van der Waals surface area contributed by atoms with Crippen LogP contribution in [-0.4, -0.2) is 39.5 Å². The molecule has 0 spiro atoms. The van der Waals surface area contributed by atoms with Gasteiger partial charge in [0.1, 0.15) is 11.9 Å². The Hall–Kier alpha value is -2.68. The molecular weight excluding hydrogens is 335 g/mol. The Morgan fingerprint density at radius 1 is 1.04 bits per heavy atom. The van der Waals surface area contributed by atoms with Crippen molar-refractivity contribution in [2.75, 3.05) is 24.6 Å². The summed E-state index contributed by atoms with van der Waals surface area (Å²) in [6.45, 7) is 1.52. The maximum Gasteiger partial charge on any atom is 0.453 e. The molecule has 2 aromatic heterocycles. The summed E-state index contributed by atoms with van der Waals surface area (Å²) in [5.41, 5.74) is 1.08. The number of ether oxygens (including phenoxy) is 1. The fraction of sp³-hybridized carbons (Fsp3) is 0.312. The molecule has 3 heterocycles. The highest BCUT2D eigenvalue weighted by Gasteiger charge is 2.38. The molecule has 0 aliphatic carbocycles. The molecule has 1 aliphatic heterocycles. The number of rotatable bonds is 2. The van der Waals surface area contributed by atoms with Gasteiger partial charge >= 0.3 is 6.18 Å². The predicted octanol–water partition coefficient (Wildman–Crippen LogP) is 2.72. The molecule has 0 saturated carbocycles. The van der Waals surface area contributed by atoms with Gasteiger partial charge in [-0.3, -0.25) is 0 Å². The van der Waals surface area contributed by atoms with Crippen LogP contribution in [0.5, 0.6) is 0 Å². The summed E-state index contributed by atoms with van der Waals surface area (Å²) in [4.78, 5) is 1.90. The van der Waals surface area contributed by atoms with E-state index in [1.807, 2.05) is 35.2 Å². The van der Waals surface area contributed by atoms with Gasteiger partial charge < -0.3 is 9.64 Å². The zero-order valence-corrected chi connectivity index (χ0v) is 13.0. The summed E-state index contributed by atoms with van der Waals surface area (Å²) < 4.78 is 45.6. The molecule has 1 atom stereocenters. The van der Waals surface area contributed by atoms with Crippen LogP contribution in [0.1, 0.15) is 17.5 Å². The first kappa shape index (κ1) is 15.8. The van der Waals surface area contributed by atoms with Gasteiger partial charge in [-0.15, -0.1) is 15.3 Å². The number of hydrogen-bond donors (Lipinski definition) is 0. The SMILES string of the molecule is FC(F)(F)c1nnc2ccc(N3CCO[C@H](c4ccccc4)C3)nn12. The van der Waals surface area contributed by atoms with Gasteiger partial charge in [-0.2, -0.15) is 17.7 Å². The average Bonchev–Trinajstić information content (AvgIpc) is 3.06. The average molecular weight is 349 g/mol. The highest BCUT2D eigenvalue weighted by Crippen LogP contribution is 2.29. The molecule has 1 fully saturated rings. The fourth-order valence-corrected chi connectivity index (χ4v) is 2.85. The molecule has 0 N–H and O–H groups in total. The molecule has 0 radical (unpaired) electrons. The summed E-state index contributed by atoms with van der Waals surface area (Å²) in [5.74, 6) is -0.695. The molecule has 1 saturated heterocycles. The van der Waals surface area contributed by atoms with Crippen LogP contribution >= 0.6 is 0 Å². The molecule has 0 amide bonds. The minimum absolute atomic E-state index is 0.0592. The van der Waals surface area contributed by atoms with Crippen LogP contribution in [0.3, 0.4) is 0 Å². The van der Waals surface area contributed by atoms with Crippen LogP contribution in [0.25, 0.3) is 5.65 Å². The van der Waals surface area contributed by atoms with Gasteiger partial charge in [-0.1, -0.05) is 30.3 Å². The number of fused-ring (bicyclic) bond motifs is 1. The molecule has 25 heavy (non-hydrogen) atoms. The molecule has 3 aromatic rings. The zero-order valence-electron chi connectivity index (χ0n) is 13.0. The van der Waals surface area contributed by atoms with E-state index in [2.05, 4.69) is 15.3 Å². The Morgan fingerprint density at radius 2 is 1.84 bits per heavy atom. The summed E-state index contributed by atoms with van der Waals surface area (Å²) in [6, 6.07) is 12.8. The van der Waals surface area contributed by atoms with E-state index >= 15 is 0 Å². The smallest absolute Gasteiger partial charge is 0.370 e. The summed E-state index contributed by atoms with van der Waals surface area (Å²) in [6.07, 6.45) is -4.77. The number of hydrogen-bond acceptors (Lipinski definition) is 5. The minimum Gasteiger partial charge on any atom is -0.370 e. The van der Waals surface area contributed by atoms with E-state index < -0.39 is 12.0 Å². The van der Waals surface area contributed by atoms with Crippen molar-refractivity contribution in [1.82, 2.24) is 19.8 Å². The second-order valence-electron chi connectivity index (χ2n) is 5.70. The first-order valence-corrected chi connectivity index (χ1v) is 7.73. The third kappa shape index (κ3) is 3.02. The maximum atomic E-state index is 13.0. The fourth-order valence-electron chi connectivity index (χ4n) is 2.85. The van der Waals surface area contributed by atoms with E-state index in [1.54, 1.807) is 6.07 Å². The highest BCUT2D eigenvalue weighted by atomic mass is 19.4. The van der Waals surface area contributed by atoms with Crippen molar-refractivity contribution in [3.05, 3.63) is 53.9 Å². The molecule has 4 rings (SSSR count). The summed E-state index contributed by atoms with van der Waals surface area (Å²) in [5, 5.41) is 10.8. The number of alkyl halides is 3. The van der Waals surface area contributed by atoms with Crippen LogP contribution in [0.15, 0.2) is 42.5 Å². The van der Waals surface area contributed by atoms with E-state index in [9.17, 15) is 13.2 Å². The van der Waals surface area contributed by atoms with Gasteiger partial charge in [-0.25, -0.2) is 0 Å². The quantitative estimate of drug-likeness (QED) is 0.712. The van der Waals surface area contributed by atoms with Gasteiger partial charge in [0, 0.05) is 13.1 Å². The maximum absolute atomic E-state index is 13.0. The third-order valence-electron chi connectivity index (χ3n) is 4.06. The number of anilines is 1. The van der Waals surface area contributed by atoms with Gasteiger partial charge in [0.05, 0.1) is 6.61 Å². The molecule has 1 aliphatic rings. The normalized spacial score (nSPS) is 18.7. The van der Waals surface area contributed by atoms with Crippen molar-refractivity contribution >= 4 is 11.5 Å². The van der Waals surface area contributed by atoms with Crippen LogP contribution < -0.4 is 4.90 Å². The van der Waals surface area contributed by atoms with Gasteiger partial charge in [-0.05, 0) is 17.7 Å². The summed E-state index contributed by atoms with van der Waals surface area (Å²) >= 11 is 0. The Bertz CT molecular complexity index is 880. The van der Waals surface area contributed by atoms with E-state index in [1.165, 1.54) is 6.07 Å². The molecule has 0 unspecified atom stereocenters. The zero-order chi connectivity index (χ0) is 17.4. The first-order chi connectivity index (χ1) is 12.0. The first-order valence-electron chi connectivity index (χ1n) is 7.73. The predicted molar refractivity (Wildman–Crippen MR) is 83.1 cm³/mol. The Labute approximate surface area is 140 Å². The minimum atomic E-state index is -4.61. The highest BCUT2D eigenvalue weighted by molar-refractivity contribution is 5.46. The van der Waals surface area contributed by atoms with E-state index in [0.717, 1.165) is 10.1 Å². The summed E-state index contributed by atoms with van der Waals surface area (Å²) in [7, 11) is 0. The lowest BCUT2D eigenvalue weighted by Gasteiger charge is -2.33. The Kier molecular flexibility index (Phi) is 3.79. The number of nitrogens with zero attached hydrogens (tertiary/aromatic N) is 5. The standard InChI is InChI=1S/C16H14F3N5O/c17-16(18,19)15-21-20-13-6-7-14(22-24(13)15)23-8-9-25-12(10-23)11-4-2-1-3-5-11/h1-7,12H,8-10H2/t12-/m0/s1. The van der Waals surface area contributed by atoms with Gasteiger partial charge in [0.2, 0.25) is 0 Å². The number of aromatic nitrogens is 4. The van der Waals surface area contributed by atoms with E-state index in [4.69, 9.17) is 4.74 Å². The van der Waals surface area contributed by atoms with Crippen LogP contribution in [0.2, 0.25) is 0 Å². The van der Waals surface area contributed by atoms with Crippen molar-refractivity contribution in [3.63, 3.8) is 0 Å². The second kappa shape index (κ2) is 5.99. The molecule has 9 heteroatoms. The Balaban J connectivity index is 1.65. The van der Waals surface area contributed by atoms with Crippen LogP contribution in [0.4, 0.5) is 19.0 Å². The number of morpholine rings is 1. The topological polar surface area (TPSA) is 55.5 Å². The molecular formula is C16H14F3N5O. The Morgan fingerprint density at radius 3 is 2.60 bits per heavy atom. The lowest BCUT2D eigenvalue weighted by Crippen LogP contribution is -2.39. The van der Waals surface area contributed by atoms with Crippen molar-refractivity contribution in [1.29, 1.82) is 0 Å². The van der Waals surface area contributed by atoms with Crippen molar-refractivity contribution in [2.24, 2.45) is 0 Å². The van der Waals surface area contributed by atoms with Crippen molar-refractivity contribution in [3.8, 4) is 0 Å². The van der Waals surface area contributed by atoms with Crippen molar-refractivity contribution < 1.29 is 17.9 Å².